The van der Waals surface area contributed by atoms with Gasteiger partial charge in [0.15, 0.2) is 0 Å². The molecule has 0 bridgehead atoms. The molecular formula is C17H30N2O2. The molecule has 2 rings (SSSR count). The molecule has 0 spiro atoms. The van der Waals surface area contributed by atoms with Crippen LogP contribution in [0, 0.1) is 12.8 Å². The van der Waals surface area contributed by atoms with Crippen molar-refractivity contribution in [3.05, 3.63) is 23.2 Å². The molecule has 0 aromatic carbocycles. The Morgan fingerprint density at radius 1 is 1.43 bits per heavy atom. The van der Waals surface area contributed by atoms with E-state index < -0.39 is 0 Å². The lowest BCUT2D eigenvalue weighted by molar-refractivity contribution is 0.0999. The van der Waals surface area contributed by atoms with Gasteiger partial charge in [-0.2, -0.15) is 0 Å². The molecule has 0 amide bonds. The fraction of sp³-hybridized carbons (Fsp3) is 0.765. The lowest BCUT2D eigenvalue weighted by Gasteiger charge is -2.15. The van der Waals surface area contributed by atoms with Crippen LogP contribution in [0.25, 0.3) is 0 Å². The van der Waals surface area contributed by atoms with Crippen molar-refractivity contribution in [1.82, 2.24) is 10.2 Å². The molecule has 120 valence electrons. The highest BCUT2D eigenvalue weighted by Gasteiger charge is 2.21. The number of aryl methyl sites for hydroxylation is 1. The van der Waals surface area contributed by atoms with E-state index in [0.29, 0.717) is 0 Å². The summed E-state index contributed by atoms with van der Waals surface area (Å²) in [6.07, 6.45) is 3.86. The number of ether oxygens (including phenoxy) is 1. The molecule has 1 aliphatic rings. The van der Waals surface area contributed by atoms with Gasteiger partial charge in [0.25, 0.3) is 0 Å². The normalized spacial score (nSPS) is 15.0. The van der Waals surface area contributed by atoms with E-state index in [2.05, 4.69) is 37.2 Å². The van der Waals surface area contributed by atoms with Crippen molar-refractivity contribution in [2.24, 2.45) is 5.92 Å². The predicted molar refractivity (Wildman–Crippen MR) is 85.3 cm³/mol. The van der Waals surface area contributed by atoms with Crippen molar-refractivity contribution >= 4 is 0 Å². The third-order valence-electron chi connectivity index (χ3n) is 3.88. The van der Waals surface area contributed by atoms with Crippen LogP contribution in [0.2, 0.25) is 0 Å². The zero-order valence-corrected chi connectivity index (χ0v) is 13.8. The third kappa shape index (κ3) is 6.20. The van der Waals surface area contributed by atoms with Crippen molar-refractivity contribution in [2.45, 2.75) is 46.2 Å². The van der Waals surface area contributed by atoms with E-state index in [9.17, 15) is 0 Å². The molecule has 1 N–H and O–H groups in total. The van der Waals surface area contributed by atoms with Crippen molar-refractivity contribution in [1.29, 1.82) is 0 Å². The Hall–Kier alpha value is -0.840. The third-order valence-corrected chi connectivity index (χ3v) is 3.88. The Labute approximate surface area is 128 Å². The average molecular weight is 294 g/mol. The van der Waals surface area contributed by atoms with Crippen LogP contribution in [0.3, 0.4) is 0 Å². The van der Waals surface area contributed by atoms with Gasteiger partial charge in [-0.25, -0.2) is 0 Å². The first-order chi connectivity index (χ1) is 10.2. The van der Waals surface area contributed by atoms with Crippen LogP contribution in [-0.4, -0.2) is 38.3 Å². The van der Waals surface area contributed by atoms with Crippen molar-refractivity contribution in [2.75, 3.05) is 33.4 Å². The first-order valence-corrected chi connectivity index (χ1v) is 8.24. The Morgan fingerprint density at radius 2 is 2.24 bits per heavy atom. The summed E-state index contributed by atoms with van der Waals surface area (Å²) < 4.78 is 11.6. The average Bonchev–Trinajstić information content (AvgIpc) is 3.21. The van der Waals surface area contributed by atoms with E-state index in [1.807, 2.05) is 0 Å². The number of nitrogens with zero attached hydrogens (tertiary/aromatic N) is 1. The molecule has 0 unspecified atom stereocenters. The molecule has 1 heterocycles. The number of furan rings is 1. The highest BCUT2D eigenvalue weighted by Crippen LogP contribution is 2.28. The molecule has 0 radical (unpaired) electrons. The van der Waals surface area contributed by atoms with Gasteiger partial charge in [-0.1, -0.05) is 6.92 Å². The van der Waals surface area contributed by atoms with Gasteiger partial charge in [0, 0.05) is 13.2 Å². The zero-order chi connectivity index (χ0) is 15.1. The largest absolute Gasteiger partial charge is 0.463 e. The fourth-order valence-corrected chi connectivity index (χ4v) is 2.32. The number of nitrogens with one attached hydrogen (secondary N) is 1. The maximum atomic E-state index is 5.94. The van der Waals surface area contributed by atoms with Gasteiger partial charge < -0.3 is 14.5 Å². The summed E-state index contributed by atoms with van der Waals surface area (Å²) in [7, 11) is 2.12. The standard InChI is InChI=1S/C17H30N2O2/c1-4-7-18-11-17-14(2)10-16(21-17)12-19(3)8-9-20-13-15-5-6-15/h10,15,18H,4-9,11-13H2,1-3H3. The molecule has 1 aromatic rings. The summed E-state index contributed by atoms with van der Waals surface area (Å²) in [6, 6.07) is 2.16. The van der Waals surface area contributed by atoms with Gasteiger partial charge in [-0.3, -0.25) is 4.90 Å². The SMILES string of the molecule is CCCNCc1oc(CN(C)CCOCC2CC2)cc1C. The lowest BCUT2D eigenvalue weighted by atomic mass is 10.2. The van der Waals surface area contributed by atoms with Gasteiger partial charge in [0.05, 0.1) is 19.7 Å². The molecule has 1 saturated carbocycles. The van der Waals surface area contributed by atoms with E-state index in [1.54, 1.807) is 0 Å². The molecule has 4 nitrogen and oxygen atoms in total. The summed E-state index contributed by atoms with van der Waals surface area (Å²) in [6.45, 7) is 9.72. The number of hydrogen-bond donors (Lipinski definition) is 1. The fourth-order valence-electron chi connectivity index (χ4n) is 2.32. The van der Waals surface area contributed by atoms with Gasteiger partial charge in [-0.05, 0) is 57.3 Å². The summed E-state index contributed by atoms with van der Waals surface area (Å²) in [4.78, 5) is 2.26. The molecule has 0 atom stereocenters. The Kier molecular flexibility index (Phi) is 6.74. The maximum Gasteiger partial charge on any atom is 0.120 e. The first-order valence-electron chi connectivity index (χ1n) is 8.24. The number of rotatable bonds is 11. The number of hydrogen-bond acceptors (Lipinski definition) is 4. The molecule has 0 saturated heterocycles. The second-order valence-electron chi connectivity index (χ2n) is 6.25. The Balaban J connectivity index is 1.66. The summed E-state index contributed by atoms with van der Waals surface area (Å²) in [5.41, 5.74) is 1.24. The van der Waals surface area contributed by atoms with Crippen LogP contribution in [0.1, 0.15) is 43.3 Å². The van der Waals surface area contributed by atoms with Crippen LogP contribution in [0.5, 0.6) is 0 Å². The van der Waals surface area contributed by atoms with Crippen LogP contribution in [0.4, 0.5) is 0 Å². The minimum Gasteiger partial charge on any atom is -0.463 e. The smallest absolute Gasteiger partial charge is 0.120 e. The summed E-state index contributed by atoms with van der Waals surface area (Å²) in [5.74, 6) is 2.96. The van der Waals surface area contributed by atoms with Crippen molar-refractivity contribution in [3.8, 4) is 0 Å². The Bertz CT molecular complexity index is 413. The van der Waals surface area contributed by atoms with Crippen LogP contribution >= 0.6 is 0 Å². The maximum absolute atomic E-state index is 5.94. The van der Waals surface area contributed by atoms with Crippen LogP contribution < -0.4 is 5.32 Å². The molecule has 0 aliphatic heterocycles. The van der Waals surface area contributed by atoms with E-state index in [1.165, 1.54) is 18.4 Å². The van der Waals surface area contributed by atoms with E-state index in [-0.39, 0.29) is 0 Å². The van der Waals surface area contributed by atoms with Crippen LogP contribution in [0.15, 0.2) is 10.5 Å². The highest BCUT2D eigenvalue weighted by molar-refractivity contribution is 5.20. The Morgan fingerprint density at radius 3 is 2.95 bits per heavy atom. The molecular weight excluding hydrogens is 264 g/mol. The molecule has 4 heteroatoms. The quantitative estimate of drug-likeness (QED) is 0.637. The van der Waals surface area contributed by atoms with E-state index in [4.69, 9.17) is 9.15 Å². The summed E-state index contributed by atoms with van der Waals surface area (Å²) >= 11 is 0. The second kappa shape index (κ2) is 8.57. The summed E-state index contributed by atoms with van der Waals surface area (Å²) in [5, 5.41) is 3.39. The van der Waals surface area contributed by atoms with Crippen LogP contribution in [-0.2, 0) is 17.8 Å². The van der Waals surface area contributed by atoms with E-state index >= 15 is 0 Å². The van der Waals surface area contributed by atoms with Crippen molar-refractivity contribution in [3.63, 3.8) is 0 Å². The molecule has 1 fully saturated rings. The molecule has 1 aromatic heterocycles. The van der Waals surface area contributed by atoms with Crippen molar-refractivity contribution < 1.29 is 9.15 Å². The first kappa shape index (κ1) is 16.5. The van der Waals surface area contributed by atoms with Gasteiger partial charge in [0.1, 0.15) is 11.5 Å². The second-order valence-corrected chi connectivity index (χ2v) is 6.25. The minimum atomic E-state index is 0.817. The van der Waals surface area contributed by atoms with E-state index in [0.717, 1.165) is 63.3 Å². The highest BCUT2D eigenvalue weighted by atomic mass is 16.5. The number of likely N-dealkylation sites (N-methyl/N-ethyl adjacent to an activating group) is 1. The molecule has 21 heavy (non-hydrogen) atoms. The predicted octanol–water partition coefficient (Wildman–Crippen LogP) is 2.95. The lowest BCUT2D eigenvalue weighted by Crippen LogP contribution is -2.23. The monoisotopic (exact) mass is 294 g/mol. The minimum absolute atomic E-state index is 0.817. The van der Waals surface area contributed by atoms with Gasteiger partial charge in [0.2, 0.25) is 0 Å². The van der Waals surface area contributed by atoms with Gasteiger partial charge in [-0.15, -0.1) is 0 Å². The topological polar surface area (TPSA) is 37.6 Å². The van der Waals surface area contributed by atoms with Gasteiger partial charge >= 0.3 is 0 Å². The molecule has 1 aliphatic carbocycles. The zero-order valence-electron chi connectivity index (χ0n) is 13.8.